The van der Waals surface area contributed by atoms with Crippen LogP contribution in [0.5, 0.6) is 0 Å². The Balaban J connectivity index is 0.000000720. The molecule has 0 aliphatic carbocycles. The first-order chi connectivity index (χ1) is 5.42. The monoisotopic (exact) mass is 247 g/mol. The molecule has 0 aliphatic heterocycles. The van der Waals surface area contributed by atoms with E-state index in [4.69, 9.17) is 0 Å². The summed E-state index contributed by atoms with van der Waals surface area (Å²) in [5, 5.41) is 0.953. The van der Waals surface area contributed by atoms with Gasteiger partial charge in [-0.05, 0) is 5.56 Å². The summed E-state index contributed by atoms with van der Waals surface area (Å²) in [5.41, 5.74) is 1.55. The summed E-state index contributed by atoms with van der Waals surface area (Å²) >= 11 is 0. The van der Waals surface area contributed by atoms with Crippen molar-refractivity contribution in [3.63, 3.8) is 0 Å². The molecule has 0 bridgehead atoms. The minimum atomic E-state index is 0. The van der Waals surface area contributed by atoms with Crippen molar-refractivity contribution in [3.05, 3.63) is 36.0 Å². The van der Waals surface area contributed by atoms with E-state index < -0.39 is 0 Å². The van der Waals surface area contributed by atoms with Crippen LogP contribution in [0.4, 0.5) is 0 Å². The van der Waals surface area contributed by atoms with Crippen LogP contribution in [0.25, 0.3) is 10.9 Å². The van der Waals surface area contributed by atoms with Crippen LogP contribution in [0.1, 0.15) is 10.4 Å². The molecule has 0 fully saturated rings. The smallest absolute Gasteiger partial charge is 0.139 e. The van der Waals surface area contributed by atoms with E-state index in [1.165, 1.54) is 0 Å². The minimum Gasteiger partial charge on any atom is -0.423 e. The molecule has 0 unspecified atom stereocenters. The van der Waals surface area contributed by atoms with Crippen LogP contribution in [-0.2, 0) is 19.5 Å². The van der Waals surface area contributed by atoms with Crippen LogP contribution in [-0.4, -0.2) is 11.3 Å². The number of hydrogen-bond acceptors (Lipinski definition) is 1. The van der Waals surface area contributed by atoms with Gasteiger partial charge < -0.3 is 4.98 Å². The van der Waals surface area contributed by atoms with E-state index in [-0.39, 0.29) is 19.5 Å². The number of hydrogen-bond donors (Lipinski definition) is 1. The number of H-pyrrole nitrogens is 1. The summed E-state index contributed by atoms with van der Waals surface area (Å²) in [5.74, 6) is 0. The molecular weight excluding hydrogens is 241 g/mol. The molecule has 0 spiro atoms. The van der Waals surface area contributed by atoms with Crippen LogP contribution in [0.3, 0.4) is 0 Å². The molecule has 2 aromatic rings. The molecule has 0 aliphatic rings. The fourth-order valence-electron chi connectivity index (χ4n) is 1.14. The third kappa shape index (κ3) is 1.32. The Morgan fingerprint density at radius 2 is 2.25 bits per heavy atom. The van der Waals surface area contributed by atoms with Crippen molar-refractivity contribution in [2.45, 2.75) is 0 Å². The molecule has 0 amide bonds. The summed E-state index contributed by atoms with van der Waals surface area (Å²) in [4.78, 5) is 13.4. The number of rotatable bonds is 1. The molecule has 3 heteroatoms. The Bertz CT molecular complexity index is 394. The van der Waals surface area contributed by atoms with Crippen LogP contribution >= 0.6 is 0 Å². The summed E-state index contributed by atoms with van der Waals surface area (Å²) in [6.45, 7) is 0. The molecule has 1 heterocycles. The molecule has 2 rings (SSSR count). The maximum atomic E-state index is 10.5. The maximum absolute atomic E-state index is 10.5. The van der Waals surface area contributed by atoms with E-state index in [2.05, 4.69) is 11.1 Å². The largest absolute Gasteiger partial charge is 0.423 e. The molecule has 0 atom stereocenters. The van der Waals surface area contributed by atoms with Crippen molar-refractivity contribution in [1.29, 1.82) is 0 Å². The van der Waals surface area contributed by atoms with Gasteiger partial charge in [-0.2, -0.15) is 17.5 Å². The Kier molecular flexibility index (Phi) is 2.77. The Morgan fingerprint density at radius 1 is 1.42 bits per heavy atom. The van der Waals surface area contributed by atoms with E-state index in [1.807, 2.05) is 12.1 Å². The zero-order valence-electron chi connectivity index (χ0n) is 6.13. The van der Waals surface area contributed by atoms with Crippen LogP contribution in [0, 0.1) is 6.07 Å². The van der Waals surface area contributed by atoms with Crippen molar-refractivity contribution in [2.24, 2.45) is 0 Å². The number of fused-ring (bicyclic) bond motifs is 1. The average Bonchev–Trinajstić information content (AvgIpc) is 2.50. The second-order valence-electron chi connectivity index (χ2n) is 2.32. The third-order valence-electron chi connectivity index (χ3n) is 1.67. The number of aldehydes is 1. The average molecular weight is 247 g/mol. The summed E-state index contributed by atoms with van der Waals surface area (Å²) in [6, 6.07) is 8.52. The van der Waals surface area contributed by atoms with Crippen LogP contribution in [0.2, 0.25) is 0 Å². The van der Waals surface area contributed by atoms with E-state index in [0.717, 1.165) is 17.2 Å². The zero-order chi connectivity index (χ0) is 7.68. The van der Waals surface area contributed by atoms with Crippen molar-refractivity contribution in [1.82, 2.24) is 4.98 Å². The molecule has 1 aromatic carbocycles. The first kappa shape index (κ1) is 9.14. The fourth-order valence-corrected chi connectivity index (χ4v) is 1.14. The van der Waals surface area contributed by atoms with Gasteiger partial charge in [0.25, 0.3) is 0 Å². The van der Waals surface area contributed by atoms with Gasteiger partial charge in [-0.15, -0.1) is 6.07 Å². The predicted octanol–water partition coefficient (Wildman–Crippen LogP) is 1.78. The summed E-state index contributed by atoms with van der Waals surface area (Å²) < 4.78 is 0. The third-order valence-corrected chi connectivity index (χ3v) is 1.67. The topological polar surface area (TPSA) is 32.9 Å². The number of aromatic nitrogens is 1. The first-order valence-corrected chi connectivity index (χ1v) is 3.35. The standard InChI is InChI=1S/C9H6NO.Rh/c11-6-8-3-1-2-7-4-5-10-9(7)8;/h1-3,5-6,10H;/q-1;. The zero-order valence-corrected chi connectivity index (χ0v) is 7.77. The molecule has 1 aromatic heterocycles. The normalized spacial score (nSPS) is 9.33. The molecule has 0 saturated carbocycles. The van der Waals surface area contributed by atoms with Gasteiger partial charge in [-0.1, -0.05) is 17.8 Å². The van der Waals surface area contributed by atoms with E-state index >= 15 is 0 Å². The number of carbonyl (C=O) groups excluding carboxylic acids is 1. The second-order valence-corrected chi connectivity index (χ2v) is 2.32. The van der Waals surface area contributed by atoms with Crippen molar-refractivity contribution in [2.75, 3.05) is 0 Å². The van der Waals surface area contributed by atoms with E-state index in [0.29, 0.717) is 5.56 Å². The maximum Gasteiger partial charge on any atom is 0.139 e. The first-order valence-electron chi connectivity index (χ1n) is 3.35. The summed E-state index contributed by atoms with van der Waals surface area (Å²) in [6.07, 6.45) is 2.55. The molecule has 1 radical (unpaired) electrons. The van der Waals surface area contributed by atoms with Crippen molar-refractivity contribution in [3.8, 4) is 0 Å². The van der Waals surface area contributed by atoms with Gasteiger partial charge in [0.05, 0.1) is 0 Å². The number of benzene rings is 1. The van der Waals surface area contributed by atoms with Gasteiger partial charge in [0, 0.05) is 19.5 Å². The van der Waals surface area contributed by atoms with Gasteiger partial charge in [-0.25, -0.2) is 0 Å². The van der Waals surface area contributed by atoms with Gasteiger partial charge in [0.2, 0.25) is 0 Å². The quantitative estimate of drug-likeness (QED) is 0.465. The molecule has 1 N–H and O–H groups in total. The number of para-hydroxylation sites is 1. The molecule has 12 heavy (non-hydrogen) atoms. The Morgan fingerprint density at radius 3 is 3.00 bits per heavy atom. The Hall–Kier alpha value is -0.947. The SMILES string of the molecule is O=Cc1cccc2[c-]c[nH]c12.[Rh]. The summed E-state index contributed by atoms with van der Waals surface area (Å²) in [7, 11) is 0. The van der Waals surface area contributed by atoms with Gasteiger partial charge in [0.15, 0.2) is 0 Å². The van der Waals surface area contributed by atoms with Crippen molar-refractivity contribution < 1.29 is 24.3 Å². The number of aromatic amines is 1. The fraction of sp³-hybridized carbons (Fsp3) is 0. The van der Waals surface area contributed by atoms with Gasteiger partial charge >= 0.3 is 0 Å². The van der Waals surface area contributed by atoms with E-state index in [1.54, 1.807) is 12.3 Å². The Labute approximate surface area is 82.7 Å². The van der Waals surface area contributed by atoms with E-state index in [9.17, 15) is 4.79 Å². The molecule has 63 valence electrons. The van der Waals surface area contributed by atoms with Gasteiger partial charge in [-0.3, -0.25) is 4.79 Å². The van der Waals surface area contributed by atoms with Crippen molar-refractivity contribution >= 4 is 17.2 Å². The molecule has 0 saturated heterocycles. The van der Waals surface area contributed by atoms with Crippen LogP contribution in [0.15, 0.2) is 24.4 Å². The van der Waals surface area contributed by atoms with Crippen LogP contribution < -0.4 is 0 Å². The second kappa shape index (κ2) is 3.64. The number of carbonyl (C=O) groups is 1. The predicted molar refractivity (Wildman–Crippen MR) is 42.5 cm³/mol. The van der Waals surface area contributed by atoms with Gasteiger partial charge in [0.1, 0.15) is 6.29 Å². The molecule has 2 nitrogen and oxygen atoms in total. The molecular formula is C9H6NORh-. The minimum absolute atomic E-state index is 0. The number of nitrogens with one attached hydrogen (secondary N) is 1.